The van der Waals surface area contributed by atoms with Crippen molar-refractivity contribution in [2.45, 2.75) is 27.7 Å². The molecule has 2 aromatic heterocycles. The Balaban J connectivity index is 2.04. The lowest BCUT2D eigenvalue weighted by molar-refractivity contribution is 0.0527. The standard InChI is InChI=1S/C22H22ClN3O5S/c1-5-30-21(28)17-12(3)18(22(29)31-6-2)32-19(17)24-11-16-13(4)25-26(20(16)27)15-9-7-14(23)8-10-15/h7-11,25H,5-6H2,1-4H3/b24-11+. The molecule has 0 aliphatic rings. The highest BCUT2D eigenvalue weighted by Crippen LogP contribution is 2.36. The minimum Gasteiger partial charge on any atom is -0.462 e. The molecule has 2 heterocycles. The Hall–Kier alpha value is -3.17. The molecule has 0 radical (unpaired) electrons. The predicted octanol–water partition coefficient (Wildman–Crippen LogP) is 4.60. The maximum absolute atomic E-state index is 12.9. The third-order valence-electron chi connectivity index (χ3n) is 4.58. The van der Waals surface area contributed by atoms with Crippen molar-refractivity contribution in [1.82, 2.24) is 9.78 Å². The zero-order valence-electron chi connectivity index (χ0n) is 18.0. The zero-order valence-corrected chi connectivity index (χ0v) is 19.6. The molecular weight excluding hydrogens is 454 g/mol. The van der Waals surface area contributed by atoms with Gasteiger partial charge in [-0.05, 0) is 57.5 Å². The summed E-state index contributed by atoms with van der Waals surface area (Å²) in [5.74, 6) is -1.13. The third kappa shape index (κ3) is 4.68. The summed E-state index contributed by atoms with van der Waals surface area (Å²) < 4.78 is 11.6. The number of nitrogens with one attached hydrogen (secondary N) is 1. The van der Waals surface area contributed by atoms with Gasteiger partial charge >= 0.3 is 11.9 Å². The van der Waals surface area contributed by atoms with Crippen LogP contribution < -0.4 is 5.56 Å². The Labute approximate surface area is 193 Å². The van der Waals surface area contributed by atoms with E-state index in [1.54, 1.807) is 52.0 Å². The Morgan fingerprint density at radius 1 is 1.12 bits per heavy atom. The molecule has 1 N–H and O–H groups in total. The van der Waals surface area contributed by atoms with Gasteiger partial charge in [0.05, 0.1) is 24.5 Å². The SMILES string of the molecule is CCOC(=O)c1sc(/N=C/c2c(C)[nH]n(-c3ccc(Cl)cc3)c2=O)c(C(=O)OCC)c1C. The first-order valence-electron chi connectivity index (χ1n) is 9.87. The highest BCUT2D eigenvalue weighted by molar-refractivity contribution is 7.18. The molecule has 0 saturated carbocycles. The maximum atomic E-state index is 12.9. The molecule has 0 aliphatic carbocycles. The van der Waals surface area contributed by atoms with Gasteiger partial charge in [0.2, 0.25) is 0 Å². The van der Waals surface area contributed by atoms with E-state index in [1.807, 2.05) is 0 Å². The maximum Gasteiger partial charge on any atom is 0.348 e. The Bertz CT molecular complexity index is 1240. The number of aryl methyl sites for hydroxylation is 1. The molecule has 0 amide bonds. The van der Waals surface area contributed by atoms with E-state index in [-0.39, 0.29) is 34.2 Å². The van der Waals surface area contributed by atoms with E-state index in [9.17, 15) is 14.4 Å². The smallest absolute Gasteiger partial charge is 0.348 e. The number of aromatic nitrogens is 2. The highest BCUT2D eigenvalue weighted by Gasteiger charge is 2.26. The van der Waals surface area contributed by atoms with E-state index < -0.39 is 11.9 Å². The van der Waals surface area contributed by atoms with Gasteiger partial charge in [0.15, 0.2) is 0 Å². The van der Waals surface area contributed by atoms with Crippen molar-refractivity contribution < 1.29 is 19.1 Å². The first-order chi connectivity index (χ1) is 15.3. The number of aromatic amines is 1. The molecule has 32 heavy (non-hydrogen) atoms. The third-order valence-corrected chi connectivity index (χ3v) is 6.01. The second-order valence-electron chi connectivity index (χ2n) is 6.70. The first-order valence-corrected chi connectivity index (χ1v) is 11.1. The van der Waals surface area contributed by atoms with E-state index in [0.717, 1.165) is 11.3 Å². The molecule has 10 heteroatoms. The fraction of sp³-hybridized carbons (Fsp3) is 0.273. The minimum atomic E-state index is -0.590. The van der Waals surface area contributed by atoms with Crippen LogP contribution in [-0.4, -0.2) is 41.1 Å². The van der Waals surface area contributed by atoms with Gasteiger partial charge in [-0.15, -0.1) is 11.3 Å². The van der Waals surface area contributed by atoms with Crippen LogP contribution in [0.1, 0.15) is 50.7 Å². The lowest BCUT2D eigenvalue weighted by Gasteiger charge is -2.03. The van der Waals surface area contributed by atoms with Crippen LogP contribution in [0.5, 0.6) is 0 Å². The fourth-order valence-electron chi connectivity index (χ4n) is 3.03. The number of nitrogens with zero attached hydrogens (tertiary/aromatic N) is 2. The van der Waals surface area contributed by atoms with Gasteiger partial charge in [0.1, 0.15) is 15.4 Å². The molecule has 8 nitrogen and oxygen atoms in total. The fourth-order valence-corrected chi connectivity index (χ4v) is 4.19. The van der Waals surface area contributed by atoms with Gasteiger partial charge in [-0.1, -0.05) is 11.6 Å². The number of ether oxygens (including phenoxy) is 2. The van der Waals surface area contributed by atoms with Gasteiger partial charge in [-0.25, -0.2) is 19.3 Å². The molecular formula is C22H22ClN3O5S. The molecule has 0 aliphatic heterocycles. The number of benzene rings is 1. The van der Waals surface area contributed by atoms with E-state index in [2.05, 4.69) is 10.1 Å². The molecule has 0 unspecified atom stereocenters. The van der Waals surface area contributed by atoms with E-state index in [1.165, 1.54) is 10.9 Å². The Kier molecular flexibility index (Phi) is 7.32. The van der Waals surface area contributed by atoms with Crippen LogP contribution in [0.15, 0.2) is 34.1 Å². The quantitative estimate of drug-likeness (QED) is 0.397. The van der Waals surface area contributed by atoms with Crippen LogP contribution in [0.3, 0.4) is 0 Å². The summed E-state index contributed by atoms with van der Waals surface area (Å²) in [6, 6.07) is 6.80. The van der Waals surface area contributed by atoms with Crippen LogP contribution in [-0.2, 0) is 9.47 Å². The van der Waals surface area contributed by atoms with Gasteiger partial charge < -0.3 is 9.47 Å². The van der Waals surface area contributed by atoms with Crippen LogP contribution >= 0.6 is 22.9 Å². The molecule has 3 aromatic rings. The highest BCUT2D eigenvalue weighted by atomic mass is 35.5. The number of halogens is 1. The Morgan fingerprint density at radius 3 is 2.38 bits per heavy atom. The second-order valence-corrected chi connectivity index (χ2v) is 8.14. The molecule has 0 spiro atoms. The summed E-state index contributed by atoms with van der Waals surface area (Å²) >= 11 is 6.94. The van der Waals surface area contributed by atoms with Gasteiger partial charge in [-0.3, -0.25) is 9.89 Å². The molecule has 168 valence electrons. The molecule has 0 bridgehead atoms. The molecule has 1 aromatic carbocycles. The van der Waals surface area contributed by atoms with Gasteiger partial charge in [0, 0.05) is 16.9 Å². The summed E-state index contributed by atoms with van der Waals surface area (Å²) in [6.45, 7) is 7.16. The largest absolute Gasteiger partial charge is 0.462 e. The number of H-pyrrole nitrogens is 1. The monoisotopic (exact) mass is 475 g/mol. The summed E-state index contributed by atoms with van der Waals surface area (Å²) in [4.78, 5) is 42.4. The minimum absolute atomic E-state index is 0.175. The number of carbonyl (C=O) groups excluding carboxylic acids is 2. The summed E-state index contributed by atoms with van der Waals surface area (Å²) in [6.07, 6.45) is 1.38. The number of thiophene rings is 1. The predicted molar refractivity (Wildman–Crippen MR) is 124 cm³/mol. The number of rotatable bonds is 7. The first kappa shape index (κ1) is 23.5. The van der Waals surface area contributed by atoms with Crippen molar-refractivity contribution in [3.8, 4) is 5.69 Å². The summed E-state index contributed by atoms with van der Waals surface area (Å²) in [5.41, 5.74) is 1.82. The van der Waals surface area contributed by atoms with Crippen LogP contribution in [0.25, 0.3) is 5.69 Å². The lowest BCUT2D eigenvalue weighted by atomic mass is 10.1. The van der Waals surface area contributed by atoms with E-state index >= 15 is 0 Å². The Morgan fingerprint density at radius 2 is 1.75 bits per heavy atom. The summed E-state index contributed by atoms with van der Waals surface area (Å²) in [7, 11) is 0. The molecule has 0 atom stereocenters. The molecule has 0 saturated heterocycles. The van der Waals surface area contributed by atoms with Gasteiger partial charge in [0.25, 0.3) is 5.56 Å². The van der Waals surface area contributed by atoms with Crippen molar-refractivity contribution in [3.05, 3.63) is 66.9 Å². The number of aliphatic imine (C=N–C) groups is 1. The number of carbonyl (C=O) groups is 2. The molecule has 0 fully saturated rings. The second kappa shape index (κ2) is 9.97. The van der Waals surface area contributed by atoms with Crippen molar-refractivity contribution in [1.29, 1.82) is 0 Å². The average molecular weight is 476 g/mol. The normalized spacial score (nSPS) is 11.2. The lowest BCUT2D eigenvalue weighted by Crippen LogP contribution is -2.17. The van der Waals surface area contributed by atoms with Crippen LogP contribution in [0.2, 0.25) is 5.02 Å². The number of hydrogen-bond donors (Lipinski definition) is 1. The van der Waals surface area contributed by atoms with E-state index in [0.29, 0.717) is 27.5 Å². The topological polar surface area (TPSA) is 103 Å². The number of hydrogen-bond acceptors (Lipinski definition) is 7. The zero-order chi connectivity index (χ0) is 23.4. The average Bonchev–Trinajstić information content (AvgIpc) is 3.23. The molecule has 3 rings (SSSR count). The van der Waals surface area contributed by atoms with Crippen LogP contribution in [0, 0.1) is 13.8 Å². The van der Waals surface area contributed by atoms with Crippen molar-refractivity contribution in [2.24, 2.45) is 4.99 Å². The van der Waals surface area contributed by atoms with Gasteiger partial charge in [-0.2, -0.15) is 0 Å². The number of esters is 2. The van der Waals surface area contributed by atoms with Crippen molar-refractivity contribution in [2.75, 3.05) is 13.2 Å². The summed E-state index contributed by atoms with van der Waals surface area (Å²) in [5, 5.41) is 3.83. The van der Waals surface area contributed by atoms with Crippen molar-refractivity contribution >= 4 is 46.1 Å². The van der Waals surface area contributed by atoms with Crippen molar-refractivity contribution in [3.63, 3.8) is 0 Å². The van der Waals surface area contributed by atoms with E-state index in [4.69, 9.17) is 21.1 Å². The van der Waals surface area contributed by atoms with Crippen LogP contribution in [0.4, 0.5) is 5.00 Å².